The quantitative estimate of drug-likeness (QED) is 0.803. The fourth-order valence-electron chi connectivity index (χ4n) is 2.87. The van der Waals surface area contributed by atoms with Gasteiger partial charge in [-0.25, -0.2) is 9.18 Å². The third kappa shape index (κ3) is 3.46. The summed E-state index contributed by atoms with van der Waals surface area (Å²) in [7, 11) is 2.92. The number of hydrogen-bond donors (Lipinski definition) is 1. The molecule has 26 heavy (non-hydrogen) atoms. The Bertz CT molecular complexity index is 835. The molecule has 1 aliphatic heterocycles. The zero-order valence-electron chi connectivity index (χ0n) is 14.4. The Hall–Kier alpha value is -3.09. The van der Waals surface area contributed by atoms with E-state index in [9.17, 15) is 14.0 Å². The van der Waals surface area contributed by atoms with E-state index >= 15 is 0 Å². The second-order valence-electron chi connectivity index (χ2n) is 5.77. The molecule has 136 valence electrons. The van der Waals surface area contributed by atoms with Gasteiger partial charge in [0.25, 0.3) is 0 Å². The second kappa shape index (κ2) is 7.43. The van der Waals surface area contributed by atoms with Gasteiger partial charge in [-0.05, 0) is 23.8 Å². The molecule has 0 saturated carbocycles. The summed E-state index contributed by atoms with van der Waals surface area (Å²) in [5.74, 6) is -0.449. The van der Waals surface area contributed by atoms with Gasteiger partial charge in [0.15, 0.2) is 11.5 Å². The van der Waals surface area contributed by atoms with Gasteiger partial charge in [-0.2, -0.15) is 0 Å². The van der Waals surface area contributed by atoms with Crippen LogP contribution in [0.15, 0.2) is 36.4 Å². The first-order valence-electron chi connectivity index (χ1n) is 8.00. The average Bonchev–Trinajstić information content (AvgIpc) is 2.96. The maximum atomic E-state index is 12.9. The predicted molar refractivity (Wildman–Crippen MR) is 90.6 cm³/mol. The number of carbonyl (C=O) groups is 2. The molecule has 6 nitrogen and oxygen atoms in total. The van der Waals surface area contributed by atoms with Crippen LogP contribution >= 0.6 is 0 Å². The highest BCUT2D eigenvalue weighted by Gasteiger charge is 2.36. The number of fused-ring (bicyclic) bond motifs is 1. The number of benzene rings is 2. The highest BCUT2D eigenvalue weighted by atomic mass is 19.1. The van der Waals surface area contributed by atoms with Gasteiger partial charge in [-0.3, -0.25) is 4.79 Å². The van der Waals surface area contributed by atoms with Gasteiger partial charge in [0.1, 0.15) is 17.5 Å². The van der Waals surface area contributed by atoms with Crippen molar-refractivity contribution in [2.75, 3.05) is 14.2 Å². The van der Waals surface area contributed by atoms with Crippen LogP contribution in [0.4, 0.5) is 4.39 Å². The van der Waals surface area contributed by atoms with E-state index in [1.807, 2.05) is 0 Å². The lowest BCUT2D eigenvalue weighted by Gasteiger charge is -2.12. The zero-order chi connectivity index (χ0) is 18.7. The van der Waals surface area contributed by atoms with E-state index < -0.39 is 12.1 Å². The lowest BCUT2D eigenvalue weighted by Crippen LogP contribution is -2.24. The van der Waals surface area contributed by atoms with Crippen molar-refractivity contribution >= 4 is 11.9 Å². The molecule has 1 amide bonds. The number of carbonyl (C=O) groups excluding carboxylic acids is 2. The molecule has 1 aliphatic rings. The lowest BCUT2D eigenvalue weighted by molar-refractivity contribution is -0.123. The number of ether oxygens (including phenoxy) is 3. The smallest absolute Gasteiger partial charge is 0.343 e. The molecular formula is C19H18FNO5. The Balaban J connectivity index is 1.69. The van der Waals surface area contributed by atoms with Crippen LogP contribution in [-0.4, -0.2) is 26.1 Å². The minimum atomic E-state index is -0.689. The number of cyclic esters (lactones) is 1. The molecule has 2 aromatic rings. The number of hydrogen-bond acceptors (Lipinski definition) is 5. The van der Waals surface area contributed by atoms with Crippen molar-refractivity contribution in [1.82, 2.24) is 5.32 Å². The topological polar surface area (TPSA) is 73.9 Å². The van der Waals surface area contributed by atoms with E-state index in [1.54, 1.807) is 24.3 Å². The van der Waals surface area contributed by atoms with Gasteiger partial charge in [-0.1, -0.05) is 18.2 Å². The molecule has 0 spiro atoms. The summed E-state index contributed by atoms with van der Waals surface area (Å²) < 4.78 is 28.7. The Morgan fingerprint density at radius 3 is 2.54 bits per heavy atom. The van der Waals surface area contributed by atoms with Crippen molar-refractivity contribution < 1.29 is 28.2 Å². The summed E-state index contributed by atoms with van der Waals surface area (Å²) in [6.45, 7) is 0.262. The number of esters is 1. The van der Waals surface area contributed by atoms with Crippen molar-refractivity contribution in [3.63, 3.8) is 0 Å². The summed E-state index contributed by atoms with van der Waals surface area (Å²) in [6, 6.07) is 9.21. The fourth-order valence-corrected chi connectivity index (χ4v) is 2.87. The first-order valence-corrected chi connectivity index (χ1v) is 8.00. The van der Waals surface area contributed by atoms with Crippen molar-refractivity contribution in [3.05, 3.63) is 58.9 Å². The van der Waals surface area contributed by atoms with Crippen LogP contribution < -0.4 is 14.8 Å². The molecule has 3 rings (SSSR count). The van der Waals surface area contributed by atoms with Crippen LogP contribution in [0.1, 0.15) is 34.0 Å². The van der Waals surface area contributed by atoms with Gasteiger partial charge in [0.2, 0.25) is 5.91 Å². The third-order valence-corrected chi connectivity index (χ3v) is 4.15. The summed E-state index contributed by atoms with van der Waals surface area (Å²) in [5.41, 5.74) is 1.64. The van der Waals surface area contributed by atoms with Gasteiger partial charge in [0.05, 0.1) is 20.6 Å². The number of nitrogens with one attached hydrogen (secondary N) is 1. The van der Waals surface area contributed by atoms with Crippen molar-refractivity contribution in [2.45, 2.75) is 19.1 Å². The standard InChI is InChI=1S/C19H18FNO5/c1-24-14-8-7-13-15(26-19(23)17(13)18(14)25-2)9-16(22)21-10-11-3-5-12(20)6-4-11/h3-8,15H,9-10H2,1-2H3,(H,21,22). The number of rotatable bonds is 6. The van der Waals surface area contributed by atoms with Gasteiger partial charge in [0, 0.05) is 12.1 Å². The van der Waals surface area contributed by atoms with Crippen LogP contribution in [0.2, 0.25) is 0 Å². The maximum Gasteiger partial charge on any atom is 0.343 e. The minimum absolute atomic E-state index is 0.0184. The first-order chi connectivity index (χ1) is 12.5. The number of halogens is 1. The van der Waals surface area contributed by atoms with Gasteiger partial charge >= 0.3 is 5.97 Å². The summed E-state index contributed by atoms with van der Waals surface area (Å²) in [6.07, 6.45) is -0.708. The molecule has 1 unspecified atom stereocenters. The minimum Gasteiger partial charge on any atom is -0.493 e. The molecule has 1 N–H and O–H groups in total. The normalized spacial score (nSPS) is 15.2. The Kier molecular flexibility index (Phi) is 5.06. The largest absolute Gasteiger partial charge is 0.493 e. The van der Waals surface area contributed by atoms with Crippen molar-refractivity contribution in [2.24, 2.45) is 0 Å². The zero-order valence-corrected chi connectivity index (χ0v) is 14.4. The molecule has 0 bridgehead atoms. The van der Waals surface area contributed by atoms with E-state index in [0.717, 1.165) is 5.56 Å². The molecule has 7 heteroatoms. The SMILES string of the molecule is COc1ccc2c(c1OC)C(=O)OC2CC(=O)NCc1ccc(F)cc1. The van der Waals surface area contributed by atoms with Gasteiger partial charge < -0.3 is 19.5 Å². The van der Waals surface area contributed by atoms with Crippen LogP contribution in [0.25, 0.3) is 0 Å². The second-order valence-corrected chi connectivity index (χ2v) is 5.77. The Labute approximate surface area is 149 Å². The van der Waals surface area contributed by atoms with E-state index in [-0.39, 0.29) is 30.3 Å². The van der Waals surface area contributed by atoms with Crippen LogP contribution in [-0.2, 0) is 16.1 Å². The highest BCUT2D eigenvalue weighted by Crippen LogP contribution is 2.42. The highest BCUT2D eigenvalue weighted by molar-refractivity contribution is 5.98. The van der Waals surface area contributed by atoms with E-state index in [2.05, 4.69) is 5.32 Å². The molecule has 1 heterocycles. The van der Waals surface area contributed by atoms with Gasteiger partial charge in [-0.15, -0.1) is 0 Å². The molecule has 0 radical (unpaired) electrons. The average molecular weight is 359 g/mol. The summed E-state index contributed by atoms with van der Waals surface area (Å²) in [4.78, 5) is 24.4. The summed E-state index contributed by atoms with van der Waals surface area (Å²) >= 11 is 0. The molecule has 0 saturated heterocycles. The Morgan fingerprint density at radius 1 is 1.15 bits per heavy atom. The van der Waals surface area contributed by atoms with Crippen LogP contribution in [0.3, 0.4) is 0 Å². The number of methoxy groups -OCH3 is 2. The van der Waals surface area contributed by atoms with Crippen LogP contribution in [0, 0.1) is 5.82 Å². The molecule has 0 aliphatic carbocycles. The van der Waals surface area contributed by atoms with E-state index in [0.29, 0.717) is 17.1 Å². The molecule has 1 atom stereocenters. The van der Waals surface area contributed by atoms with Crippen molar-refractivity contribution in [1.29, 1.82) is 0 Å². The maximum absolute atomic E-state index is 12.9. The molecular weight excluding hydrogens is 341 g/mol. The molecule has 0 aromatic heterocycles. The number of amides is 1. The summed E-state index contributed by atoms with van der Waals surface area (Å²) in [5, 5.41) is 2.73. The van der Waals surface area contributed by atoms with Crippen molar-refractivity contribution in [3.8, 4) is 11.5 Å². The fraction of sp³-hybridized carbons (Fsp3) is 0.263. The molecule has 2 aromatic carbocycles. The molecule has 0 fully saturated rings. The monoisotopic (exact) mass is 359 g/mol. The Morgan fingerprint density at radius 2 is 1.88 bits per heavy atom. The van der Waals surface area contributed by atoms with Crippen LogP contribution in [0.5, 0.6) is 11.5 Å². The third-order valence-electron chi connectivity index (χ3n) is 4.15. The predicted octanol–water partition coefficient (Wildman–Crippen LogP) is 2.76. The lowest BCUT2D eigenvalue weighted by atomic mass is 10.0. The first kappa shape index (κ1) is 17.7. The van der Waals surface area contributed by atoms with E-state index in [1.165, 1.54) is 26.4 Å². The van der Waals surface area contributed by atoms with E-state index in [4.69, 9.17) is 14.2 Å².